The highest BCUT2D eigenvalue weighted by molar-refractivity contribution is 4.94. The maximum Gasteiger partial charge on any atom is 0.187 e. The summed E-state index contributed by atoms with van der Waals surface area (Å²) in [4.78, 5) is 0. The molecule has 10 atom stereocenters. The van der Waals surface area contributed by atoms with Crippen molar-refractivity contribution >= 4 is 0 Å². The van der Waals surface area contributed by atoms with E-state index >= 15 is 0 Å². The van der Waals surface area contributed by atoms with Gasteiger partial charge in [0.1, 0.15) is 48.8 Å². The van der Waals surface area contributed by atoms with Crippen LogP contribution < -0.4 is 0 Å². The molecule has 200 valence electrons. The first-order chi connectivity index (χ1) is 16.3. The van der Waals surface area contributed by atoms with Crippen LogP contribution in [0.1, 0.15) is 51.4 Å². The zero-order valence-corrected chi connectivity index (χ0v) is 19.6. The van der Waals surface area contributed by atoms with Crippen LogP contribution in [0.4, 0.5) is 0 Å². The minimum atomic E-state index is -1.70. The lowest BCUT2D eigenvalue weighted by atomic mass is 9.97. The Morgan fingerprint density at radius 2 is 1.21 bits per heavy atom. The van der Waals surface area contributed by atoms with Crippen LogP contribution in [0.5, 0.6) is 0 Å². The molecule has 34 heavy (non-hydrogen) atoms. The lowest BCUT2D eigenvalue weighted by Crippen LogP contribution is -2.64. The van der Waals surface area contributed by atoms with E-state index in [9.17, 15) is 35.7 Å². The molecule has 2 aliphatic heterocycles. The Balaban J connectivity index is 1.78. The van der Waals surface area contributed by atoms with E-state index in [4.69, 9.17) is 18.9 Å². The van der Waals surface area contributed by atoms with Crippen molar-refractivity contribution in [1.82, 2.24) is 0 Å². The Bertz CT molecular complexity index is 561. The van der Waals surface area contributed by atoms with Gasteiger partial charge in [0.15, 0.2) is 12.6 Å². The lowest BCUT2D eigenvalue weighted by Gasteiger charge is -2.45. The predicted molar refractivity (Wildman–Crippen MR) is 119 cm³/mol. The smallest absolute Gasteiger partial charge is 0.187 e. The highest BCUT2D eigenvalue weighted by atomic mass is 16.7. The number of allylic oxidation sites excluding steroid dienone is 1. The third-order valence-corrected chi connectivity index (χ3v) is 6.30. The normalized spacial score (nSPS) is 38.7. The van der Waals surface area contributed by atoms with Gasteiger partial charge in [0.25, 0.3) is 0 Å². The first-order valence-corrected chi connectivity index (χ1v) is 12.2. The molecule has 11 heteroatoms. The Hall–Kier alpha value is -0.700. The maximum absolute atomic E-state index is 10.6. The zero-order chi connectivity index (χ0) is 25.1. The van der Waals surface area contributed by atoms with Gasteiger partial charge in [0.05, 0.1) is 13.2 Å². The molecule has 2 aliphatic rings. The molecule has 0 bridgehead atoms. The zero-order valence-electron chi connectivity index (χ0n) is 19.6. The van der Waals surface area contributed by atoms with E-state index in [1.807, 2.05) is 6.08 Å². The summed E-state index contributed by atoms with van der Waals surface area (Å²) in [7, 11) is 0. The van der Waals surface area contributed by atoms with Gasteiger partial charge >= 0.3 is 0 Å². The molecule has 7 N–H and O–H groups in total. The predicted octanol–water partition coefficient (Wildman–Crippen LogP) is -1.07. The topological polar surface area (TPSA) is 179 Å². The molecule has 2 saturated heterocycles. The largest absolute Gasteiger partial charge is 0.394 e. The van der Waals surface area contributed by atoms with Crippen molar-refractivity contribution in [3.63, 3.8) is 0 Å². The third-order valence-electron chi connectivity index (χ3n) is 6.30. The van der Waals surface area contributed by atoms with Gasteiger partial charge in [-0.05, 0) is 19.3 Å². The lowest BCUT2D eigenvalue weighted by molar-refractivity contribution is -0.359. The van der Waals surface area contributed by atoms with Gasteiger partial charge in [0.2, 0.25) is 0 Å². The van der Waals surface area contributed by atoms with E-state index in [1.54, 1.807) is 0 Å². The second kappa shape index (κ2) is 15.4. The number of aliphatic hydroxyl groups excluding tert-OH is 7. The summed E-state index contributed by atoms with van der Waals surface area (Å²) in [6.45, 7) is 2.79. The third kappa shape index (κ3) is 8.17. The molecule has 0 spiro atoms. The quantitative estimate of drug-likeness (QED) is 0.109. The first-order valence-electron chi connectivity index (χ1n) is 12.2. The molecule has 0 aromatic heterocycles. The average Bonchev–Trinajstić information content (AvgIpc) is 2.84. The number of ether oxygens (including phenoxy) is 4. The molecule has 2 heterocycles. The Labute approximate surface area is 200 Å². The van der Waals surface area contributed by atoms with Crippen molar-refractivity contribution in [2.45, 2.75) is 113 Å². The van der Waals surface area contributed by atoms with Crippen LogP contribution in [-0.2, 0) is 18.9 Å². The molecule has 6 unspecified atom stereocenters. The molecular weight excluding hydrogens is 452 g/mol. The molecule has 0 aromatic carbocycles. The minimum Gasteiger partial charge on any atom is -0.394 e. The monoisotopic (exact) mass is 494 g/mol. The van der Waals surface area contributed by atoms with E-state index in [0.717, 1.165) is 32.1 Å². The summed E-state index contributed by atoms with van der Waals surface area (Å²) in [6.07, 6.45) is -3.93. The Kier molecular flexibility index (Phi) is 13.4. The van der Waals surface area contributed by atoms with E-state index < -0.39 is 74.6 Å². The van der Waals surface area contributed by atoms with Crippen molar-refractivity contribution in [3.05, 3.63) is 12.7 Å². The summed E-state index contributed by atoms with van der Waals surface area (Å²) < 4.78 is 22.0. The molecule has 0 radical (unpaired) electrons. The molecule has 0 saturated carbocycles. The fourth-order valence-electron chi connectivity index (χ4n) is 4.17. The summed E-state index contributed by atoms with van der Waals surface area (Å²) >= 11 is 0. The summed E-state index contributed by atoms with van der Waals surface area (Å²) in [5.74, 6) is 0. The van der Waals surface area contributed by atoms with E-state index in [1.165, 1.54) is 19.3 Å². The molecular formula is C23H42O11. The number of aliphatic hydroxyl groups is 7. The molecule has 2 fully saturated rings. The van der Waals surface area contributed by atoms with Gasteiger partial charge in [-0.1, -0.05) is 38.2 Å². The van der Waals surface area contributed by atoms with Crippen molar-refractivity contribution in [2.75, 3.05) is 19.8 Å². The van der Waals surface area contributed by atoms with Gasteiger partial charge < -0.3 is 54.7 Å². The van der Waals surface area contributed by atoms with Crippen LogP contribution in [0.2, 0.25) is 0 Å². The second-order valence-corrected chi connectivity index (χ2v) is 8.93. The van der Waals surface area contributed by atoms with Crippen LogP contribution in [0, 0.1) is 0 Å². The van der Waals surface area contributed by atoms with Crippen molar-refractivity contribution in [3.8, 4) is 0 Å². The number of hydrogen-bond acceptors (Lipinski definition) is 11. The van der Waals surface area contributed by atoms with Crippen LogP contribution >= 0.6 is 0 Å². The van der Waals surface area contributed by atoms with Crippen molar-refractivity contribution in [2.24, 2.45) is 0 Å². The fourth-order valence-corrected chi connectivity index (χ4v) is 4.17. The molecule has 0 aromatic rings. The number of hydrogen-bond donors (Lipinski definition) is 7. The van der Waals surface area contributed by atoms with Gasteiger partial charge in [0, 0.05) is 6.61 Å². The number of rotatable bonds is 15. The molecule has 2 rings (SSSR count). The first kappa shape index (κ1) is 29.5. The van der Waals surface area contributed by atoms with Gasteiger partial charge in [-0.15, -0.1) is 6.58 Å². The summed E-state index contributed by atoms with van der Waals surface area (Å²) in [5, 5.41) is 70.0. The maximum atomic E-state index is 10.6. The Morgan fingerprint density at radius 1 is 0.647 bits per heavy atom. The van der Waals surface area contributed by atoms with Gasteiger partial charge in [-0.3, -0.25) is 0 Å². The van der Waals surface area contributed by atoms with Crippen LogP contribution in [-0.4, -0.2) is 117 Å². The summed E-state index contributed by atoms with van der Waals surface area (Å²) in [5.41, 5.74) is 0. The van der Waals surface area contributed by atoms with E-state index in [0.29, 0.717) is 6.61 Å². The SMILES string of the molecule is C=CCCCCCCCCCO[C@@H]1OC(CO)[C@@H](O[C@H]2OC(CO)[C@@H](O)C(O)C2O)C(O)C1O. The van der Waals surface area contributed by atoms with Crippen molar-refractivity contribution in [1.29, 1.82) is 0 Å². The fraction of sp³-hybridized carbons (Fsp3) is 0.913. The van der Waals surface area contributed by atoms with Crippen LogP contribution in [0.3, 0.4) is 0 Å². The Morgan fingerprint density at radius 3 is 1.82 bits per heavy atom. The van der Waals surface area contributed by atoms with E-state index in [2.05, 4.69) is 6.58 Å². The van der Waals surface area contributed by atoms with Crippen LogP contribution in [0.25, 0.3) is 0 Å². The molecule has 11 nitrogen and oxygen atoms in total. The van der Waals surface area contributed by atoms with E-state index in [-0.39, 0.29) is 0 Å². The highest BCUT2D eigenvalue weighted by Gasteiger charge is 2.50. The van der Waals surface area contributed by atoms with Gasteiger partial charge in [-0.2, -0.15) is 0 Å². The standard InChI is InChI=1S/C23H42O11/c1-2-3-4-5-6-7-8-9-10-11-31-22-20(30)18(28)21(15(13-25)33-22)34-23-19(29)17(27)16(26)14(12-24)32-23/h2,14-30H,1,3-13H2/t14?,15?,16-,17?,18?,19?,20?,21-,22-,23-/m1/s1. The van der Waals surface area contributed by atoms with Crippen LogP contribution in [0.15, 0.2) is 12.7 Å². The number of unbranched alkanes of at least 4 members (excludes halogenated alkanes) is 7. The summed E-state index contributed by atoms with van der Waals surface area (Å²) in [6, 6.07) is 0. The molecule has 0 aliphatic carbocycles. The average molecular weight is 495 g/mol. The minimum absolute atomic E-state index is 0.307. The second-order valence-electron chi connectivity index (χ2n) is 8.93. The highest BCUT2D eigenvalue weighted by Crippen LogP contribution is 2.29. The van der Waals surface area contributed by atoms with Crippen molar-refractivity contribution < 1.29 is 54.7 Å². The molecule has 0 amide bonds. The van der Waals surface area contributed by atoms with Gasteiger partial charge in [-0.25, -0.2) is 0 Å².